The van der Waals surface area contributed by atoms with Crippen LogP contribution in [0.3, 0.4) is 0 Å². The third-order valence-corrected chi connectivity index (χ3v) is 2.90. The molecule has 0 spiro atoms. The van der Waals surface area contributed by atoms with Gasteiger partial charge in [0.1, 0.15) is 0 Å². The Labute approximate surface area is 76.5 Å². The summed E-state index contributed by atoms with van der Waals surface area (Å²) in [5.41, 5.74) is 0. The van der Waals surface area contributed by atoms with Crippen LogP contribution < -0.4 is 0 Å². The second kappa shape index (κ2) is 3.01. The number of carboxylic acids is 1. The molecule has 0 aliphatic rings. The molecule has 0 amide bonds. The van der Waals surface area contributed by atoms with E-state index in [1.165, 1.54) is 0 Å². The normalized spacial score (nSPS) is 12.7. The highest BCUT2D eigenvalue weighted by atomic mass is 32.2. The van der Waals surface area contributed by atoms with Gasteiger partial charge < -0.3 is 10.1 Å². The number of nitrogens with one attached hydrogen (secondary N) is 1. The number of aromatic amines is 1. The average molecular weight is 226 g/mol. The molecule has 0 radical (unpaired) electrons. The molecule has 6 nitrogen and oxygen atoms in total. The number of carbonyl (C=O) groups is 1. The van der Waals surface area contributed by atoms with Crippen molar-refractivity contribution in [1.82, 2.24) is 9.97 Å². The van der Waals surface area contributed by atoms with Crippen molar-refractivity contribution in [1.29, 1.82) is 0 Å². The molecule has 1 heterocycles. The summed E-state index contributed by atoms with van der Waals surface area (Å²) in [5, 5.41) is 2.04. The van der Waals surface area contributed by atoms with E-state index in [0.29, 0.717) is 0 Å². The predicted molar refractivity (Wildman–Crippen MR) is 38.4 cm³/mol. The summed E-state index contributed by atoms with van der Waals surface area (Å²) in [6, 6.07) is 0. The highest BCUT2D eigenvalue weighted by molar-refractivity contribution is 7.93. The highest BCUT2D eigenvalue weighted by Crippen LogP contribution is 2.26. The maximum Gasteiger partial charge on any atom is 0.447 e. The van der Waals surface area contributed by atoms with Crippen LogP contribution >= 0.6 is 0 Å². The number of hydrogen-bond donors (Lipinski definition) is 2. The molecule has 0 bridgehead atoms. The third kappa shape index (κ3) is 1.35. The van der Waals surface area contributed by atoms with Gasteiger partial charge in [0.2, 0.25) is 5.16 Å². The number of sulfone groups is 1. The second-order valence-electron chi connectivity index (χ2n) is 2.22. The van der Waals surface area contributed by atoms with Crippen LogP contribution in [0, 0.1) is 0 Å². The van der Waals surface area contributed by atoms with E-state index in [9.17, 15) is 22.0 Å². The number of halogens is 2. The molecule has 0 fully saturated rings. The Morgan fingerprint density at radius 3 is 2.50 bits per heavy atom. The Bertz CT molecular complexity index is 438. The maximum atomic E-state index is 12.6. The topological polar surface area (TPSA) is 100 Å². The smallest absolute Gasteiger partial charge is 0.447 e. The van der Waals surface area contributed by atoms with Crippen LogP contribution in [-0.4, -0.2) is 34.7 Å². The number of alkyl halides is 2. The van der Waals surface area contributed by atoms with Gasteiger partial charge in [-0.25, -0.2) is 18.2 Å². The van der Waals surface area contributed by atoms with Crippen molar-refractivity contribution in [2.45, 2.75) is 10.4 Å². The zero-order chi connectivity index (χ0) is 11.0. The van der Waals surface area contributed by atoms with E-state index in [1.54, 1.807) is 0 Å². The minimum atomic E-state index is -5.29. The molecule has 1 rings (SSSR count). The van der Waals surface area contributed by atoms with Gasteiger partial charge in [-0.3, -0.25) is 0 Å². The van der Waals surface area contributed by atoms with Crippen molar-refractivity contribution in [2.75, 3.05) is 0 Å². The minimum absolute atomic E-state index is 0.921. The van der Waals surface area contributed by atoms with Crippen molar-refractivity contribution in [2.24, 2.45) is 0 Å². The Kier molecular flexibility index (Phi) is 2.27. The third-order valence-electron chi connectivity index (χ3n) is 1.31. The number of aromatic nitrogens is 2. The van der Waals surface area contributed by atoms with Crippen LogP contribution in [0.25, 0.3) is 0 Å². The fraction of sp³-hybridized carbons (Fsp3) is 0.200. The largest absolute Gasteiger partial charge is 0.476 e. The van der Waals surface area contributed by atoms with Gasteiger partial charge in [0.05, 0.1) is 0 Å². The van der Waals surface area contributed by atoms with Crippen molar-refractivity contribution in [3.8, 4) is 0 Å². The number of H-pyrrole nitrogens is 1. The van der Waals surface area contributed by atoms with E-state index >= 15 is 0 Å². The van der Waals surface area contributed by atoms with Crippen molar-refractivity contribution < 1.29 is 27.1 Å². The molecule has 0 aliphatic heterocycles. The molecule has 0 aliphatic carbocycles. The average Bonchev–Trinajstić information content (AvgIpc) is 2.55. The fourth-order valence-corrected chi connectivity index (χ4v) is 1.53. The van der Waals surface area contributed by atoms with Gasteiger partial charge in [-0.15, -0.1) is 0 Å². The number of nitrogens with zero attached hydrogens (tertiary/aromatic N) is 1. The minimum Gasteiger partial charge on any atom is -0.476 e. The Morgan fingerprint density at radius 1 is 1.57 bits per heavy atom. The first-order valence-electron chi connectivity index (χ1n) is 3.15. The number of imidazole rings is 1. The summed E-state index contributed by atoms with van der Waals surface area (Å²) in [4.78, 5) is 14.9. The Balaban J connectivity index is 3.29. The molecule has 9 heteroatoms. The molecule has 1 aromatic heterocycles. The van der Waals surface area contributed by atoms with Crippen LogP contribution in [0.1, 0.15) is 0 Å². The lowest BCUT2D eigenvalue weighted by Crippen LogP contribution is -2.38. The molecule has 14 heavy (non-hydrogen) atoms. The summed E-state index contributed by atoms with van der Waals surface area (Å²) >= 11 is 0. The van der Waals surface area contributed by atoms with Gasteiger partial charge in [0.25, 0.3) is 9.84 Å². The molecule has 0 saturated carbocycles. The lowest BCUT2D eigenvalue weighted by molar-refractivity contribution is -0.153. The first kappa shape index (κ1) is 10.6. The SMILES string of the molecule is O=C(O)C(F)(F)S(=O)(=O)c1ncc[nH]1. The molecular formula is C5H4F2N2O4S. The molecule has 0 atom stereocenters. The molecule has 2 N–H and O–H groups in total. The van der Waals surface area contributed by atoms with Crippen LogP contribution in [-0.2, 0) is 14.6 Å². The van der Waals surface area contributed by atoms with Gasteiger partial charge in [-0.05, 0) is 0 Å². The monoisotopic (exact) mass is 226 g/mol. The maximum absolute atomic E-state index is 12.6. The number of carboxylic acid groups (broad SMARTS) is 1. The van der Waals surface area contributed by atoms with Crippen LogP contribution in [0.5, 0.6) is 0 Å². The van der Waals surface area contributed by atoms with Crippen LogP contribution in [0.15, 0.2) is 17.6 Å². The second-order valence-corrected chi connectivity index (χ2v) is 4.13. The van der Waals surface area contributed by atoms with Crippen LogP contribution in [0.2, 0.25) is 0 Å². The van der Waals surface area contributed by atoms with E-state index in [4.69, 9.17) is 5.11 Å². The molecule has 1 aromatic rings. The molecule has 78 valence electrons. The zero-order valence-corrected chi connectivity index (χ0v) is 7.25. The quantitative estimate of drug-likeness (QED) is 0.747. The molecule has 0 saturated heterocycles. The Morgan fingerprint density at radius 2 is 2.14 bits per heavy atom. The first-order chi connectivity index (χ1) is 6.30. The molecule has 0 aromatic carbocycles. The van der Waals surface area contributed by atoms with Crippen molar-refractivity contribution >= 4 is 15.8 Å². The Hall–Kier alpha value is -1.51. The zero-order valence-electron chi connectivity index (χ0n) is 6.44. The lowest BCUT2D eigenvalue weighted by Gasteiger charge is -2.09. The summed E-state index contributed by atoms with van der Waals surface area (Å²) < 4.78 is 47.1. The van der Waals surface area contributed by atoms with Crippen LogP contribution in [0.4, 0.5) is 8.78 Å². The summed E-state index contributed by atoms with van der Waals surface area (Å²) in [6.45, 7) is 0. The summed E-state index contributed by atoms with van der Waals surface area (Å²) in [7, 11) is -5.29. The lowest BCUT2D eigenvalue weighted by atomic mass is 10.7. The highest BCUT2D eigenvalue weighted by Gasteiger charge is 2.55. The van der Waals surface area contributed by atoms with Gasteiger partial charge >= 0.3 is 11.2 Å². The first-order valence-corrected chi connectivity index (χ1v) is 4.63. The fourth-order valence-electron chi connectivity index (χ4n) is 0.634. The number of rotatable bonds is 3. The van der Waals surface area contributed by atoms with E-state index in [2.05, 4.69) is 4.98 Å². The number of aliphatic carboxylic acids is 1. The van der Waals surface area contributed by atoms with Crippen molar-refractivity contribution in [3.05, 3.63) is 12.4 Å². The van der Waals surface area contributed by atoms with E-state index in [0.717, 1.165) is 12.4 Å². The summed E-state index contributed by atoms with van der Waals surface area (Å²) in [5.74, 6) is -2.74. The van der Waals surface area contributed by atoms with Gasteiger partial charge in [-0.2, -0.15) is 8.78 Å². The van der Waals surface area contributed by atoms with E-state index in [-0.39, 0.29) is 0 Å². The van der Waals surface area contributed by atoms with E-state index in [1.807, 2.05) is 4.98 Å². The standard InChI is InChI=1S/C5H4F2N2O4S/c6-5(7,3(10)11)14(12,13)4-8-1-2-9-4/h1-2H,(H,8,9)(H,10,11). The van der Waals surface area contributed by atoms with Gasteiger partial charge in [-0.1, -0.05) is 0 Å². The van der Waals surface area contributed by atoms with Gasteiger partial charge in [0, 0.05) is 12.4 Å². The van der Waals surface area contributed by atoms with Crippen molar-refractivity contribution in [3.63, 3.8) is 0 Å². The molecular weight excluding hydrogens is 222 g/mol. The van der Waals surface area contributed by atoms with E-state index < -0.39 is 26.2 Å². The summed E-state index contributed by atoms with van der Waals surface area (Å²) in [6.07, 6.45) is 1.91. The molecule has 0 unspecified atom stereocenters. The predicted octanol–water partition coefficient (Wildman–Crippen LogP) is -0.139. The van der Waals surface area contributed by atoms with Gasteiger partial charge in [0.15, 0.2) is 0 Å². The number of hydrogen-bond acceptors (Lipinski definition) is 4.